The molecule has 1 rings (SSSR count). The van der Waals surface area contributed by atoms with Crippen LogP contribution in [0.25, 0.3) is 0 Å². The highest BCUT2D eigenvalue weighted by Gasteiger charge is 2.27. The molecule has 17 heavy (non-hydrogen) atoms. The lowest BCUT2D eigenvalue weighted by Crippen LogP contribution is -2.05. The minimum Gasteiger partial charge on any atom is -0.495 e. The highest BCUT2D eigenvalue weighted by atomic mass is 35.7. The van der Waals surface area contributed by atoms with Gasteiger partial charge in [0.25, 0.3) is 15.5 Å². The zero-order chi connectivity index (χ0) is 13.2. The van der Waals surface area contributed by atoms with Gasteiger partial charge in [0.1, 0.15) is 11.4 Å². The fourth-order valence-electron chi connectivity index (χ4n) is 1.13. The number of pyridine rings is 1. The summed E-state index contributed by atoms with van der Waals surface area (Å²) in [5.74, 6) is -0.878. The maximum Gasteiger partial charge on any atom is 0.280 e. The average Bonchev–Trinajstić information content (AvgIpc) is 2.25. The Kier molecular flexibility index (Phi) is 4.10. The number of aromatic nitrogens is 1. The number of nitrogens with zero attached hydrogens (tertiary/aromatic N) is 1. The van der Waals surface area contributed by atoms with Crippen molar-refractivity contribution in [2.75, 3.05) is 14.2 Å². The lowest BCUT2D eigenvalue weighted by molar-refractivity contribution is 0.144. The van der Waals surface area contributed by atoms with Crippen molar-refractivity contribution in [1.29, 1.82) is 0 Å². The molecule has 0 aromatic carbocycles. The zero-order valence-corrected chi connectivity index (χ0v) is 10.3. The molecule has 0 atom stereocenters. The third-order valence-corrected chi connectivity index (χ3v) is 3.13. The van der Waals surface area contributed by atoms with Crippen LogP contribution in [0.2, 0.25) is 0 Å². The van der Waals surface area contributed by atoms with Gasteiger partial charge in [0.05, 0.1) is 14.2 Å². The Labute approximate surface area is 101 Å². The molecule has 5 nitrogen and oxygen atoms in total. The van der Waals surface area contributed by atoms with Crippen molar-refractivity contribution < 1.29 is 26.7 Å². The van der Waals surface area contributed by atoms with Gasteiger partial charge in [0, 0.05) is 16.7 Å². The summed E-state index contributed by atoms with van der Waals surface area (Å²) in [5.41, 5.74) is -0.664. The second-order valence-electron chi connectivity index (χ2n) is 2.83. The van der Waals surface area contributed by atoms with Gasteiger partial charge in [-0.1, -0.05) is 0 Å². The predicted molar refractivity (Wildman–Crippen MR) is 55.3 cm³/mol. The second kappa shape index (κ2) is 5.01. The van der Waals surface area contributed by atoms with E-state index in [1.807, 2.05) is 0 Å². The summed E-state index contributed by atoms with van der Waals surface area (Å²) < 4.78 is 56.8. The van der Waals surface area contributed by atoms with E-state index in [1.165, 1.54) is 0 Å². The Hall–Kier alpha value is -1.15. The molecule has 1 heterocycles. The van der Waals surface area contributed by atoms with E-state index in [2.05, 4.69) is 14.5 Å². The Bertz CT molecular complexity index is 495. The van der Waals surface area contributed by atoms with Crippen molar-refractivity contribution in [2.45, 2.75) is 11.3 Å². The van der Waals surface area contributed by atoms with E-state index in [4.69, 9.17) is 10.7 Å². The average molecular weight is 288 g/mol. The van der Waals surface area contributed by atoms with E-state index in [0.29, 0.717) is 0 Å². The third-order valence-electron chi connectivity index (χ3n) is 1.81. The van der Waals surface area contributed by atoms with Crippen molar-refractivity contribution in [1.82, 2.24) is 4.98 Å². The topological polar surface area (TPSA) is 65.5 Å². The van der Waals surface area contributed by atoms with Crippen molar-refractivity contribution in [3.8, 4) is 11.6 Å². The fraction of sp³-hybridized carbons (Fsp3) is 0.375. The first-order chi connectivity index (χ1) is 7.81. The van der Waals surface area contributed by atoms with E-state index in [-0.39, 0.29) is 5.75 Å². The van der Waals surface area contributed by atoms with E-state index in [9.17, 15) is 17.2 Å². The molecular formula is C8H8ClF2NO4S. The molecule has 0 aliphatic rings. The SMILES string of the molecule is COc1cc(C(F)F)nc(OC)c1S(=O)(=O)Cl. The largest absolute Gasteiger partial charge is 0.495 e. The first-order valence-electron chi connectivity index (χ1n) is 4.17. The normalized spacial score (nSPS) is 11.6. The van der Waals surface area contributed by atoms with Crippen LogP contribution in [-0.2, 0) is 9.05 Å². The Balaban J connectivity index is 3.59. The van der Waals surface area contributed by atoms with Crippen LogP contribution in [0.4, 0.5) is 8.78 Å². The molecule has 9 heteroatoms. The van der Waals surface area contributed by atoms with Gasteiger partial charge in [0.15, 0.2) is 4.90 Å². The minimum absolute atomic E-state index is 0.345. The summed E-state index contributed by atoms with van der Waals surface area (Å²) in [6.45, 7) is 0. The lowest BCUT2D eigenvalue weighted by Gasteiger charge is -2.11. The maximum atomic E-state index is 12.5. The van der Waals surface area contributed by atoms with Gasteiger partial charge in [-0.15, -0.1) is 0 Å². The van der Waals surface area contributed by atoms with Gasteiger partial charge in [-0.2, -0.15) is 0 Å². The summed E-state index contributed by atoms with van der Waals surface area (Å²) in [4.78, 5) is 2.77. The zero-order valence-electron chi connectivity index (χ0n) is 8.78. The van der Waals surface area contributed by atoms with Crippen LogP contribution < -0.4 is 9.47 Å². The molecule has 0 bridgehead atoms. The molecule has 0 spiro atoms. The highest BCUT2D eigenvalue weighted by Crippen LogP contribution is 2.36. The molecule has 0 aliphatic heterocycles. The monoisotopic (exact) mass is 287 g/mol. The molecule has 1 aromatic heterocycles. The van der Waals surface area contributed by atoms with Gasteiger partial charge in [-0.05, 0) is 0 Å². The molecule has 0 saturated carbocycles. The number of hydrogen-bond donors (Lipinski definition) is 0. The van der Waals surface area contributed by atoms with E-state index < -0.39 is 31.9 Å². The van der Waals surface area contributed by atoms with Crippen LogP contribution in [0.5, 0.6) is 11.6 Å². The number of rotatable bonds is 4. The molecule has 1 aromatic rings. The van der Waals surface area contributed by atoms with E-state index in [1.54, 1.807) is 0 Å². The summed E-state index contributed by atoms with van der Waals surface area (Å²) in [6, 6.07) is 0.794. The first kappa shape index (κ1) is 13.9. The van der Waals surface area contributed by atoms with E-state index >= 15 is 0 Å². The summed E-state index contributed by atoms with van der Waals surface area (Å²) in [6.07, 6.45) is -2.88. The molecule has 96 valence electrons. The Morgan fingerprint density at radius 2 is 1.94 bits per heavy atom. The van der Waals surface area contributed by atoms with Crippen LogP contribution in [0.1, 0.15) is 12.1 Å². The van der Waals surface area contributed by atoms with Crippen LogP contribution in [0.15, 0.2) is 11.0 Å². The number of methoxy groups -OCH3 is 2. The minimum atomic E-state index is -4.22. The highest BCUT2D eigenvalue weighted by molar-refractivity contribution is 8.13. The standard InChI is InChI=1S/C8H8ClF2NO4S/c1-15-5-3-4(7(10)11)12-8(16-2)6(5)17(9,13)14/h3,7H,1-2H3. The molecular weight excluding hydrogens is 280 g/mol. The Morgan fingerprint density at radius 1 is 1.35 bits per heavy atom. The summed E-state index contributed by atoms with van der Waals surface area (Å²) >= 11 is 0. The van der Waals surface area contributed by atoms with Crippen LogP contribution >= 0.6 is 10.7 Å². The number of halogens is 3. The van der Waals surface area contributed by atoms with Crippen LogP contribution in [-0.4, -0.2) is 27.6 Å². The maximum absolute atomic E-state index is 12.5. The van der Waals surface area contributed by atoms with Crippen molar-refractivity contribution in [3.63, 3.8) is 0 Å². The molecule has 0 N–H and O–H groups in total. The molecule has 0 fully saturated rings. The van der Waals surface area contributed by atoms with Gasteiger partial charge >= 0.3 is 0 Å². The van der Waals surface area contributed by atoms with Gasteiger partial charge in [0.2, 0.25) is 5.88 Å². The van der Waals surface area contributed by atoms with Crippen molar-refractivity contribution in [2.24, 2.45) is 0 Å². The number of alkyl halides is 2. The van der Waals surface area contributed by atoms with Gasteiger partial charge in [-0.3, -0.25) is 0 Å². The molecule has 0 saturated heterocycles. The van der Waals surface area contributed by atoms with E-state index in [0.717, 1.165) is 20.3 Å². The van der Waals surface area contributed by atoms with Crippen LogP contribution in [0.3, 0.4) is 0 Å². The van der Waals surface area contributed by atoms with Gasteiger partial charge in [-0.25, -0.2) is 22.2 Å². The number of ether oxygens (including phenoxy) is 2. The lowest BCUT2D eigenvalue weighted by atomic mass is 10.3. The quantitative estimate of drug-likeness (QED) is 0.792. The Morgan fingerprint density at radius 3 is 2.29 bits per heavy atom. The van der Waals surface area contributed by atoms with Gasteiger partial charge < -0.3 is 9.47 Å². The molecule has 0 radical (unpaired) electrons. The smallest absolute Gasteiger partial charge is 0.280 e. The first-order valence-corrected chi connectivity index (χ1v) is 6.48. The van der Waals surface area contributed by atoms with Crippen LogP contribution in [0, 0.1) is 0 Å². The number of hydrogen-bond acceptors (Lipinski definition) is 5. The molecule has 0 unspecified atom stereocenters. The molecule has 0 aliphatic carbocycles. The summed E-state index contributed by atoms with van der Waals surface area (Å²) in [5, 5.41) is 0. The fourth-order valence-corrected chi connectivity index (χ4v) is 2.28. The summed E-state index contributed by atoms with van der Waals surface area (Å²) in [7, 11) is 3.13. The third kappa shape index (κ3) is 2.95. The molecule has 0 amide bonds. The van der Waals surface area contributed by atoms with Crippen molar-refractivity contribution in [3.05, 3.63) is 11.8 Å². The van der Waals surface area contributed by atoms with Crippen molar-refractivity contribution >= 4 is 19.7 Å². The predicted octanol–water partition coefficient (Wildman–Crippen LogP) is 1.96. The second-order valence-corrected chi connectivity index (χ2v) is 5.33.